The number of ether oxygens (including phenoxy) is 1. The summed E-state index contributed by atoms with van der Waals surface area (Å²) >= 11 is 0. The first-order valence-corrected chi connectivity index (χ1v) is 8.96. The molecule has 0 amide bonds. The quantitative estimate of drug-likeness (QED) is 0.777. The molecule has 1 aliphatic rings. The van der Waals surface area contributed by atoms with Crippen molar-refractivity contribution in [3.05, 3.63) is 54.6 Å². The van der Waals surface area contributed by atoms with E-state index in [4.69, 9.17) is 9.84 Å². The van der Waals surface area contributed by atoms with Crippen LogP contribution in [0.1, 0.15) is 19.3 Å². The van der Waals surface area contributed by atoms with E-state index in [1.807, 2.05) is 30.3 Å². The van der Waals surface area contributed by atoms with Crippen LogP contribution in [0, 0.1) is 5.92 Å². The van der Waals surface area contributed by atoms with Gasteiger partial charge in [0.25, 0.3) is 0 Å². The fraction of sp³-hybridized carbons (Fsp3) is 0.381. The summed E-state index contributed by atoms with van der Waals surface area (Å²) in [6.45, 7) is 3.41. The number of benzene rings is 2. The molecule has 1 heterocycles. The Labute approximate surface area is 149 Å². The molecule has 3 rings (SSSR count). The van der Waals surface area contributed by atoms with Crippen LogP contribution in [0.15, 0.2) is 54.6 Å². The van der Waals surface area contributed by atoms with Gasteiger partial charge in [0.1, 0.15) is 5.75 Å². The molecule has 25 heavy (non-hydrogen) atoms. The second-order valence-corrected chi connectivity index (χ2v) is 6.55. The number of carboxylic acids is 1. The van der Waals surface area contributed by atoms with E-state index in [1.165, 1.54) is 11.1 Å². The van der Waals surface area contributed by atoms with E-state index in [9.17, 15) is 4.79 Å². The molecule has 0 saturated carbocycles. The molecule has 0 aromatic heterocycles. The van der Waals surface area contributed by atoms with Crippen molar-refractivity contribution < 1.29 is 14.6 Å². The summed E-state index contributed by atoms with van der Waals surface area (Å²) < 4.78 is 5.83. The first-order chi connectivity index (χ1) is 12.2. The zero-order valence-corrected chi connectivity index (χ0v) is 14.4. The van der Waals surface area contributed by atoms with E-state index >= 15 is 0 Å². The molecule has 0 atom stereocenters. The summed E-state index contributed by atoms with van der Waals surface area (Å²) in [6, 6.07) is 18.5. The maximum atomic E-state index is 11.0. The van der Waals surface area contributed by atoms with Crippen molar-refractivity contribution in [3.63, 3.8) is 0 Å². The Bertz CT molecular complexity index is 661. The van der Waals surface area contributed by atoms with Gasteiger partial charge < -0.3 is 14.7 Å². The Balaban J connectivity index is 1.38. The topological polar surface area (TPSA) is 49.8 Å². The lowest BCUT2D eigenvalue weighted by atomic mass is 9.97. The van der Waals surface area contributed by atoms with E-state index in [1.54, 1.807) is 0 Å². The number of aliphatic carboxylic acids is 1. The fourth-order valence-corrected chi connectivity index (χ4v) is 3.26. The van der Waals surface area contributed by atoms with Crippen molar-refractivity contribution >= 4 is 5.97 Å². The first kappa shape index (κ1) is 17.5. The lowest BCUT2D eigenvalue weighted by Gasteiger charge is -2.29. The van der Waals surface area contributed by atoms with Crippen LogP contribution in [-0.2, 0) is 4.79 Å². The van der Waals surface area contributed by atoms with Crippen molar-refractivity contribution in [3.8, 4) is 16.9 Å². The third-order valence-corrected chi connectivity index (χ3v) is 4.79. The molecule has 1 aliphatic heterocycles. The Morgan fingerprint density at radius 2 is 1.64 bits per heavy atom. The van der Waals surface area contributed by atoms with E-state index in [2.05, 4.69) is 29.2 Å². The molecule has 1 saturated heterocycles. The number of hydrogen-bond donors (Lipinski definition) is 1. The second kappa shape index (κ2) is 8.67. The summed E-state index contributed by atoms with van der Waals surface area (Å²) in [5.41, 5.74) is 2.40. The Morgan fingerprint density at radius 1 is 1.00 bits per heavy atom. The van der Waals surface area contributed by atoms with Gasteiger partial charge in [-0.15, -0.1) is 0 Å². The molecule has 4 heteroatoms. The van der Waals surface area contributed by atoms with Gasteiger partial charge in [0.15, 0.2) is 0 Å². The number of nitrogens with zero attached hydrogens (tertiary/aromatic N) is 1. The molecular formula is C21H25NO3. The summed E-state index contributed by atoms with van der Waals surface area (Å²) in [7, 11) is 0. The minimum Gasteiger partial charge on any atom is -0.494 e. The third-order valence-electron chi connectivity index (χ3n) is 4.79. The molecule has 0 unspecified atom stereocenters. The van der Waals surface area contributed by atoms with Gasteiger partial charge in [0, 0.05) is 6.54 Å². The van der Waals surface area contributed by atoms with Gasteiger partial charge in [-0.05, 0) is 55.6 Å². The average Bonchev–Trinajstić information content (AvgIpc) is 2.67. The van der Waals surface area contributed by atoms with Gasteiger partial charge in [-0.2, -0.15) is 0 Å². The number of carboxylic acid groups (broad SMARTS) is 1. The molecule has 132 valence electrons. The molecular weight excluding hydrogens is 314 g/mol. The smallest absolute Gasteiger partial charge is 0.306 e. The average molecular weight is 339 g/mol. The number of likely N-dealkylation sites (tertiary alicyclic amines) is 1. The zero-order chi connectivity index (χ0) is 17.5. The second-order valence-electron chi connectivity index (χ2n) is 6.55. The van der Waals surface area contributed by atoms with E-state index < -0.39 is 5.97 Å². The maximum absolute atomic E-state index is 11.0. The fourth-order valence-electron chi connectivity index (χ4n) is 3.26. The molecule has 0 bridgehead atoms. The van der Waals surface area contributed by atoms with Gasteiger partial charge in [0.05, 0.1) is 12.5 Å². The van der Waals surface area contributed by atoms with Crippen molar-refractivity contribution in [2.24, 2.45) is 5.92 Å². The molecule has 2 aromatic rings. The largest absolute Gasteiger partial charge is 0.494 e. The predicted molar refractivity (Wildman–Crippen MR) is 98.8 cm³/mol. The summed E-state index contributed by atoms with van der Waals surface area (Å²) in [4.78, 5) is 13.3. The number of rotatable bonds is 7. The molecule has 0 spiro atoms. The van der Waals surface area contributed by atoms with Crippen LogP contribution >= 0.6 is 0 Å². The van der Waals surface area contributed by atoms with E-state index in [0.717, 1.165) is 44.6 Å². The zero-order valence-electron chi connectivity index (χ0n) is 14.4. The van der Waals surface area contributed by atoms with Crippen molar-refractivity contribution in [1.82, 2.24) is 4.90 Å². The normalized spacial score (nSPS) is 15.8. The number of hydrogen-bond acceptors (Lipinski definition) is 3. The highest BCUT2D eigenvalue weighted by atomic mass is 16.5. The molecule has 1 N–H and O–H groups in total. The van der Waals surface area contributed by atoms with Crippen LogP contribution in [0.5, 0.6) is 5.75 Å². The molecule has 1 fully saturated rings. The van der Waals surface area contributed by atoms with Crippen molar-refractivity contribution in [2.75, 3.05) is 26.2 Å². The molecule has 2 aromatic carbocycles. The van der Waals surface area contributed by atoms with E-state index in [0.29, 0.717) is 6.61 Å². The standard InChI is InChI=1S/C21H25NO3/c23-21(24)19-11-14-22(15-12-19)13-4-16-25-20-9-7-18(8-10-20)17-5-2-1-3-6-17/h1-3,5-10,19H,4,11-16H2,(H,23,24). The highest BCUT2D eigenvalue weighted by Crippen LogP contribution is 2.22. The Morgan fingerprint density at radius 3 is 2.28 bits per heavy atom. The molecule has 0 aliphatic carbocycles. The number of piperidine rings is 1. The van der Waals surface area contributed by atoms with Gasteiger partial charge in [-0.25, -0.2) is 0 Å². The van der Waals surface area contributed by atoms with Crippen molar-refractivity contribution in [2.45, 2.75) is 19.3 Å². The predicted octanol–water partition coefficient (Wildman–Crippen LogP) is 3.92. The van der Waals surface area contributed by atoms with Crippen molar-refractivity contribution in [1.29, 1.82) is 0 Å². The van der Waals surface area contributed by atoms with Crippen LogP contribution in [0.3, 0.4) is 0 Å². The van der Waals surface area contributed by atoms with Gasteiger partial charge >= 0.3 is 5.97 Å². The first-order valence-electron chi connectivity index (χ1n) is 8.96. The van der Waals surface area contributed by atoms with Gasteiger partial charge in [-0.1, -0.05) is 42.5 Å². The minimum atomic E-state index is -0.651. The third kappa shape index (κ3) is 5.07. The monoisotopic (exact) mass is 339 g/mol. The van der Waals surface area contributed by atoms with Crippen LogP contribution in [0.4, 0.5) is 0 Å². The van der Waals surface area contributed by atoms with Crippen LogP contribution in [-0.4, -0.2) is 42.2 Å². The summed E-state index contributed by atoms with van der Waals surface area (Å²) in [5.74, 6) is 0.0850. The Hall–Kier alpha value is -2.33. The lowest BCUT2D eigenvalue weighted by molar-refractivity contribution is -0.143. The van der Waals surface area contributed by atoms with Gasteiger partial charge in [0.2, 0.25) is 0 Å². The number of carbonyl (C=O) groups is 1. The SMILES string of the molecule is O=C(O)C1CCN(CCCOc2ccc(-c3ccccc3)cc2)CC1. The summed E-state index contributed by atoms with van der Waals surface area (Å²) in [5, 5.41) is 9.02. The lowest BCUT2D eigenvalue weighted by Crippen LogP contribution is -2.37. The van der Waals surface area contributed by atoms with Gasteiger partial charge in [-0.3, -0.25) is 4.79 Å². The highest BCUT2D eigenvalue weighted by Gasteiger charge is 2.23. The van der Waals surface area contributed by atoms with Crippen LogP contribution < -0.4 is 4.74 Å². The molecule has 0 radical (unpaired) electrons. The van der Waals surface area contributed by atoms with Crippen LogP contribution in [0.25, 0.3) is 11.1 Å². The Kier molecular flexibility index (Phi) is 6.07. The van der Waals surface area contributed by atoms with Crippen LogP contribution in [0.2, 0.25) is 0 Å². The minimum absolute atomic E-state index is 0.157. The molecule has 4 nitrogen and oxygen atoms in total. The highest BCUT2D eigenvalue weighted by molar-refractivity contribution is 5.70. The maximum Gasteiger partial charge on any atom is 0.306 e. The van der Waals surface area contributed by atoms with E-state index in [-0.39, 0.29) is 5.92 Å². The summed E-state index contributed by atoms with van der Waals surface area (Å²) in [6.07, 6.45) is 2.48.